The van der Waals surface area contributed by atoms with Gasteiger partial charge in [0, 0.05) is 40.4 Å². The largest absolute Gasteiger partial charge is 0.457 e. The number of fused-ring (bicyclic) bond motifs is 3. The summed E-state index contributed by atoms with van der Waals surface area (Å²) in [4.78, 5) is 4.92. The first-order chi connectivity index (χ1) is 24.2. The van der Waals surface area contributed by atoms with Crippen molar-refractivity contribution in [3.05, 3.63) is 132 Å². The Labute approximate surface area is 296 Å². The number of nitrogens with zero attached hydrogens (tertiary/aromatic N) is 4. The number of unbranched alkanes of at least 4 members (excludes halogenated alkanes) is 2. The molecular weight excluding hydrogens is 613 g/mol. The van der Waals surface area contributed by atoms with E-state index in [1.54, 1.807) is 0 Å². The van der Waals surface area contributed by atoms with Gasteiger partial charge < -0.3 is 4.74 Å². The number of ether oxygens (including phenoxy) is 1. The highest BCUT2D eigenvalue weighted by Gasteiger charge is 2.18. The number of pyridine rings is 1. The van der Waals surface area contributed by atoms with Crippen LogP contribution in [0.1, 0.15) is 75.9 Å². The molecule has 0 saturated carbocycles. The van der Waals surface area contributed by atoms with Gasteiger partial charge in [0.15, 0.2) is 0 Å². The second kappa shape index (κ2) is 14.0. The average Bonchev–Trinajstić information content (AvgIpc) is 3.59. The minimum Gasteiger partial charge on any atom is -0.457 e. The molecule has 254 valence electrons. The van der Waals surface area contributed by atoms with Gasteiger partial charge in [-0.25, -0.2) is 9.67 Å². The molecule has 0 radical (unpaired) electrons. The third-order valence-electron chi connectivity index (χ3n) is 9.73. The fourth-order valence-corrected chi connectivity index (χ4v) is 7.08. The lowest BCUT2D eigenvalue weighted by atomic mass is 9.89. The van der Waals surface area contributed by atoms with Crippen LogP contribution in [0, 0.1) is 19.3 Å². The Hall–Kier alpha value is -5.16. The van der Waals surface area contributed by atoms with Gasteiger partial charge in [0.1, 0.15) is 17.3 Å². The topological polar surface area (TPSA) is 44.9 Å². The smallest absolute Gasteiger partial charge is 0.137 e. The van der Waals surface area contributed by atoms with Crippen LogP contribution in [0.5, 0.6) is 11.5 Å². The summed E-state index contributed by atoms with van der Waals surface area (Å²) in [7, 11) is 0. The molecule has 5 nitrogen and oxygen atoms in total. The summed E-state index contributed by atoms with van der Waals surface area (Å²) < 4.78 is 10.9. The van der Waals surface area contributed by atoms with Gasteiger partial charge in [0.05, 0.1) is 22.4 Å². The Morgan fingerprint density at radius 2 is 1.50 bits per heavy atom. The predicted octanol–water partition coefficient (Wildman–Crippen LogP) is 12.2. The number of rotatable bonds is 11. The molecule has 0 amide bonds. The highest BCUT2D eigenvalue weighted by Crippen LogP contribution is 2.37. The van der Waals surface area contributed by atoms with Crippen LogP contribution in [-0.4, -0.2) is 19.3 Å². The van der Waals surface area contributed by atoms with Gasteiger partial charge in [0.25, 0.3) is 0 Å². The molecule has 3 heterocycles. The third-order valence-corrected chi connectivity index (χ3v) is 9.73. The second-order valence-corrected chi connectivity index (χ2v) is 14.8. The zero-order valence-electron chi connectivity index (χ0n) is 30.3. The molecule has 0 atom stereocenters. The lowest BCUT2D eigenvalue weighted by Crippen LogP contribution is -2.07. The van der Waals surface area contributed by atoms with Crippen molar-refractivity contribution in [2.75, 3.05) is 0 Å². The fraction of sp³-hybridized carbons (Fsp3) is 0.289. The molecule has 3 aromatic heterocycles. The van der Waals surface area contributed by atoms with Crippen LogP contribution in [0.4, 0.5) is 0 Å². The van der Waals surface area contributed by atoms with Crippen LogP contribution in [0.2, 0.25) is 0 Å². The second-order valence-electron chi connectivity index (χ2n) is 14.8. The van der Waals surface area contributed by atoms with E-state index in [0.717, 1.165) is 64.7 Å². The summed E-state index contributed by atoms with van der Waals surface area (Å²) >= 11 is 0. The molecule has 7 aromatic rings. The van der Waals surface area contributed by atoms with Gasteiger partial charge >= 0.3 is 0 Å². The highest BCUT2D eigenvalue weighted by molar-refractivity contribution is 6.09. The molecule has 0 unspecified atom stereocenters. The van der Waals surface area contributed by atoms with E-state index >= 15 is 0 Å². The van der Waals surface area contributed by atoms with Crippen LogP contribution < -0.4 is 4.74 Å². The van der Waals surface area contributed by atoms with Crippen LogP contribution >= 0.6 is 0 Å². The van der Waals surface area contributed by atoms with Crippen molar-refractivity contribution in [1.29, 1.82) is 0 Å². The van der Waals surface area contributed by atoms with E-state index in [2.05, 4.69) is 131 Å². The minimum atomic E-state index is 0.271. The summed E-state index contributed by atoms with van der Waals surface area (Å²) in [6.45, 7) is 13.4. The van der Waals surface area contributed by atoms with E-state index in [-0.39, 0.29) is 5.41 Å². The molecule has 0 fully saturated rings. The predicted molar refractivity (Wildman–Crippen MR) is 208 cm³/mol. The first-order valence-electron chi connectivity index (χ1n) is 18.1. The van der Waals surface area contributed by atoms with E-state index in [0.29, 0.717) is 0 Å². The van der Waals surface area contributed by atoms with Crippen molar-refractivity contribution < 1.29 is 4.74 Å². The maximum Gasteiger partial charge on any atom is 0.137 e. The Morgan fingerprint density at radius 3 is 2.30 bits per heavy atom. The third kappa shape index (κ3) is 6.96. The van der Waals surface area contributed by atoms with Gasteiger partial charge in [0.2, 0.25) is 0 Å². The fourth-order valence-electron chi connectivity index (χ4n) is 7.08. The van der Waals surface area contributed by atoms with Crippen LogP contribution in [0.3, 0.4) is 0 Å². The van der Waals surface area contributed by atoms with Gasteiger partial charge in [-0.15, -0.1) is 0 Å². The molecular formula is C45H48N4O. The first kappa shape index (κ1) is 33.3. The molecule has 0 N–H and O–H groups in total. The van der Waals surface area contributed by atoms with Gasteiger partial charge in [-0.3, -0.25) is 4.57 Å². The van der Waals surface area contributed by atoms with Crippen molar-refractivity contribution in [3.8, 4) is 34.1 Å². The van der Waals surface area contributed by atoms with Crippen LogP contribution in [-0.2, 0) is 12.8 Å². The highest BCUT2D eigenvalue weighted by atomic mass is 16.5. The van der Waals surface area contributed by atoms with E-state index in [1.807, 2.05) is 29.1 Å². The maximum absolute atomic E-state index is 6.61. The Morgan fingerprint density at radius 1 is 0.700 bits per heavy atom. The van der Waals surface area contributed by atoms with Crippen LogP contribution in [0.25, 0.3) is 44.4 Å². The van der Waals surface area contributed by atoms with E-state index < -0.39 is 0 Å². The molecule has 50 heavy (non-hydrogen) atoms. The standard InChI is InChI=1S/C45H48N4O/c1-7-8-10-14-33-19-22-41-40(27-33)39-21-20-38(30-42(39)48(41)43-28-34(24-26-46-43)23-25-45(4,5)6)50-37-18-13-17-36(29-37)49-32(3)44(31(2)47-49)35-15-11-9-12-16-35/h9,11-13,15-22,24,26-30H,7-8,10,14,23,25H2,1-6H3. The summed E-state index contributed by atoms with van der Waals surface area (Å²) in [5.41, 5.74) is 10.6. The molecule has 4 aromatic carbocycles. The zero-order valence-corrected chi connectivity index (χ0v) is 30.3. The van der Waals surface area contributed by atoms with Crippen molar-refractivity contribution in [2.45, 2.75) is 80.1 Å². The lowest BCUT2D eigenvalue weighted by molar-refractivity contribution is 0.378. The molecule has 0 aliphatic rings. The maximum atomic E-state index is 6.61. The van der Waals surface area contributed by atoms with Crippen LogP contribution in [0.15, 0.2) is 109 Å². The normalized spacial score (nSPS) is 11.9. The monoisotopic (exact) mass is 660 g/mol. The Bertz CT molecular complexity index is 2270. The Balaban J connectivity index is 1.27. The molecule has 0 spiro atoms. The van der Waals surface area contributed by atoms with Crippen molar-refractivity contribution in [1.82, 2.24) is 19.3 Å². The minimum absolute atomic E-state index is 0.271. The Kier molecular flexibility index (Phi) is 9.33. The number of hydrogen-bond donors (Lipinski definition) is 0. The molecule has 0 bridgehead atoms. The summed E-state index contributed by atoms with van der Waals surface area (Å²) in [6.07, 6.45) is 8.87. The SMILES string of the molecule is CCCCCc1ccc2c(c1)c1ccc(Oc3cccc(-n4nc(C)c(-c5ccccc5)c4C)c3)cc1n2-c1cc(CCC(C)(C)C)ccn1. The van der Waals surface area contributed by atoms with E-state index in [4.69, 9.17) is 14.8 Å². The van der Waals surface area contributed by atoms with Crippen molar-refractivity contribution in [2.24, 2.45) is 5.41 Å². The number of aromatic nitrogens is 4. The first-order valence-corrected chi connectivity index (χ1v) is 18.1. The molecule has 0 aliphatic carbocycles. The zero-order chi connectivity index (χ0) is 34.8. The molecule has 0 aliphatic heterocycles. The van der Waals surface area contributed by atoms with Gasteiger partial charge in [-0.05, 0) is 110 Å². The number of aryl methyl sites for hydroxylation is 3. The molecule has 5 heteroatoms. The van der Waals surface area contributed by atoms with Crippen molar-refractivity contribution >= 4 is 21.8 Å². The van der Waals surface area contributed by atoms with E-state index in [9.17, 15) is 0 Å². The summed E-state index contributed by atoms with van der Waals surface area (Å²) in [5, 5.41) is 7.39. The number of benzene rings is 4. The van der Waals surface area contributed by atoms with Gasteiger partial charge in [-0.2, -0.15) is 5.10 Å². The summed E-state index contributed by atoms with van der Waals surface area (Å²) in [6, 6.07) is 36.5. The van der Waals surface area contributed by atoms with E-state index in [1.165, 1.54) is 52.3 Å². The number of hydrogen-bond acceptors (Lipinski definition) is 3. The average molecular weight is 661 g/mol. The molecule has 7 rings (SSSR count). The lowest BCUT2D eigenvalue weighted by Gasteiger charge is -2.18. The summed E-state index contributed by atoms with van der Waals surface area (Å²) in [5.74, 6) is 2.48. The molecule has 0 saturated heterocycles. The quantitative estimate of drug-likeness (QED) is 0.130. The van der Waals surface area contributed by atoms with Crippen molar-refractivity contribution in [3.63, 3.8) is 0 Å². The van der Waals surface area contributed by atoms with Gasteiger partial charge in [-0.1, -0.05) is 83.0 Å².